The summed E-state index contributed by atoms with van der Waals surface area (Å²) in [7, 11) is -3.48. The molecule has 0 atom stereocenters. The average Bonchev–Trinajstić information content (AvgIpc) is 3.18. The molecule has 9 heteroatoms. The number of H-pyrrole nitrogens is 1. The highest BCUT2D eigenvalue weighted by atomic mass is 32.2. The molecule has 1 N–H and O–H groups in total. The van der Waals surface area contributed by atoms with Crippen molar-refractivity contribution in [2.24, 2.45) is 0 Å². The molecule has 0 unspecified atom stereocenters. The zero-order chi connectivity index (χ0) is 18.9. The van der Waals surface area contributed by atoms with E-state index in [-0.39, 0.29) is 0 Å². The first-order valence-electron chi connectivity index (χ1n) is 9.07. The van der Waals surface area contributed by atoms with Crippen LogP contribution >= 0.6 is 0 Å². The first kappa shape index (κ1) is 17.9. The van der Waals surface area contributed by atoms with Gasteiger partial charge in [-0.15, -0.1) is 0 Å². The number of anilines is 1. The molecule has 4 rings (SSSR count). The lowest BCUT2D eigenvalue weighted by Crippen LogP contribution is -2.49. The van der Waals surface area contributed by atoms with Crippen molar-refractivity contribution in [1.82, 2.24) is 24.2 Å². The van der Waals surface area contributed by atoms with Gasteiger partial charge in [-0.1, -0.05) is 25.5 Å². The maximum absolute atomic E-state index is 12.9. The number of aryl methyl sites for hydroxylation is 1. The number of nitrogens with zero attached hydrogens (tertiary/aromatic N) is 5. The fourth-order valence-electron chi connectivity index (χ4n) is 3.40. The van der Waals surface area contributed by atoms with E-state index in [0.717, 1.165) is 29.7 Å². The molecule has 2 aromatic heterocycles. The molecular weight excluding hydrogens is 364 g/mol. The van der Waals surface area contributed by atoms with Crippen LogP contribution in [0, 0.1) is 0 Å². The Hall–Kier alpha value is -2.52. The van der Waals surface area contributed by atoms with Crippen molar-refractivity contribution in [2.75, 3.05) is 31.1 Å². The molecule has 1 aromatic carbocycles. The first-order valence-corrected chi connectivity index (χ1v) is 10.5. The number of fused-ring (bicyclic) bond motifs is 1. The monoisotopic (exact) mass is 386 g/mol. The quantitative estimate of drug-likeness (QED) is 0.719. The largest absolute Gasteiger partial charge is 0.352 e. The minimum Gasteiger partial charge on any atom is -0.352 e. The van der Waals surface area contributed by atoms with E-state index < -0.39 is 10.0 Å². The number of benzene rings is 1. The molecule has 1 aliphatic rings. The maximum atomic E-state index is 12.9. The summed E-state index contributed by atoms with van der Waals surface area (Å²) in [5.74, 6) is 0.762. The van der Waals surface area contributed by atoms with Crippen LogP contribution in [-0.2, 0) is 16.4 Å². The van der Waals surface area contributed by atoms with Crippen molar-refractivity contribution in [3.05, 3.63) is 42.5 Å². The van der Waals surface area contributed by atoms with Crippen molar-refractivity contribution in [3.8, 4) is 0 Å². The van der Waals surface area contributed by atoms with Crippen LogP contribution in [0.4, 0.5) is 5.82 Å². The van der Waals surface area contributed by atoms with Gasteiger partial charge in [-0.25, -0.2) is 23.4 Å². The molecule has 0 bridgehead atoms. The molecule has 0 radical (unpaired) electrons. The van der Waals surface area contributed by atoms with Crippen molar-refractivity contribution in [3.63, 3.8) is 0 Å². The van der Waals surface area contributed by atoms with Gasteiger partial charge in [0.25, 0.3) is 0 Å². The molecule has 3 heterocycles. The van der Waals surface area contributed by atoms with Crippen molar-refractivity contribution in [2.45, 2.75) is 24.7 Å². The summed E-state index contributed by atoms with van der Waals surface area (Å²) in [5.41, 5.74) is 2.55. The molecule has 142 valence electrons. The summed E-state index contributed by atoms with van der Waals surface area (Å²) >= 11 is 0. The molecule has 27 heavy (non-hydrogen) atoms. The number of aromatic nitrogens is 4. The Balaban J connectivity index is 1.49. The van der Waals surface area contributed by atoms with Crippen LogP contribution in [0.2, 0.25) is 0 Å². The Bertz CT molecular complexity index is 1020. The lowest BCUT2D eigenvalue weighted by atomic mass is 10.1. The molecule has 0 amide bonds. The molecule has 1 aliphatic heterocycles. The molecular formula is C18H22N6O2S. The van der Waals surface area contributed by atoms with E-state index in [4.69, 9.17) is 0 Å². The summed E-state index contributed by atoms with van der Waals surface area (Å²) < 4.78 is 27.4. The normalized spacial score (nSPS) is 16.1. The Labute approximate surface area is 158 Å². The van der Waals surface area contributed by atoms with Gasteiger partial charge in [0, 0.05) is 26.2 Å². The van der Waals surface area contributed by atoms with Gasteiger partial charge in [0.1, 0.15) is 11.8 Å². The van der Waals surface area contributed by atoms with E-state index in [0.29, 0.717) is 36.7 Å². The van der Waals surface area contributed by atoms with E-state index in [1.165, 1.54) is 6.33 Å². The summed E-state index contributed by atoms with van der Waals surface area (Å²) in [6.45, 7) is 4.08. The number of rotatable bonds is 5. The predicted octanol–water partition coefficient (Wildman–Crippen LogP) is 1.82. The van der Waals surface area contributed by atoms with Crippen molar-refractivity contribution >= 4 is 27.0 Å². The summed E-state index contributed by atoms with van der Waals surface area (Å²) in [6.07, 6.45) is 5.08. The first-order chi connectivity index (χ1) is 13.1. The minimum absolute atomic E-state index is 0.355. The second kappa shape index (κ2) is 7.24. The van der Waals surface area contributed by atoms with E-state index in [1.807, 2.05) is 12.1 Å². The SMILES string of the molecule is CCCc1ccc(S(=O)(=O)N2CCN(c3ncnc4nc[nH]c34)CC2)cc1. The maximum Gasteiger partial charge on any atom is 0.243 e. The number of sulfonamides is 1. The predicted molar refractivity (Wildman–Crippen MR) is 103 cm³/mol. The Morgan fingerprint density at radius 3 is 2.48 bits per heavy atom. The molecule has 0 spiro atoms. The van der Waals surface area contributed by atoms with Gasteiger partial charge in [0.2, 0.25) is 10.0 Å². The van der Waals surface area contributed by atoms with E-state index in [9.17, 15) is 8.42 Å². The standard InChI is InChI=1S/C18H22N6O2S/c1-2-3-14-4-6-15(7-5-14)27(25,26)24-10-8-23(9-11-24)18-16-17(20-12-19-16)21-13-22-18/h4-7,12-13H,2-3,8-11H2,1H3,(H,19,20,21,22). The van der Waals surface area contributed by atoms with E-state index in [2.05, 4.69) is 31.8 Å². The second-order valence-corrected chi connectivity index (χ2v) is 8.52. The van der Waals surface area contributed by atoms with Crippen molar-refractivity contribution in [1.29, 1.82) is 0 Å². The number of hydrogen-bond donors (Lipinski definition) is 1. The Morgan fingerprint density at radius 1 is 1.04 bits per heavy atom. The zero-order valence-electron chi connectivity index (χ0n) is 15.2. The molecule has 1 fully saturated rings. The van der Waals surface area contributed by atoms with Gasteiger partial charge in [0.05, 0.1) is 11.2 Å². The molecule has 3 aromatic rings. The fourth-order valence-corrected chi connectivity index (χ4v) is 4.82. The molecule has 8 nitrogen and oxygen atoms in total. The molecule has 1 saturated heterocycles. The van der Waals surface area contributed by atoms with Gasteiger partial charge in [-0.05, 0) is 24.1 Å². The zero-order valence-corrected chi connectivity index (χ0v) is 16.0. The van der Waals surface area contributed by atoms with Crippen LogP contribution in [0.25, 0.3) is 11.2 Å². The highest BCUT2D eigenvalue weighted by Gasteiger charge is 2.29. The van der Waals surface area contributed by atoms with E-state index >= 15 is 0 Å². The van der Waals surface area contributed by atoms with E-state index in [1.54, 1.807) is 22.8 Å². The number of aromatic amines is 1. The van der Waals surface area contributed by atoms with Crippen LogP contribution in [0.1, 0.15) is 18.9 Å². The summed E-state index contributed by atoms with van der Waals surface area (Å²) in [5, 5.41) is 0. The Morgan fingerprint density at radius 2 is 1.78 bits per heavy atom. The number of piperazine rings is 1. The van der Waals surface area contributed by atoms with Crippen molar-refractivity contribution < 1.29 is 8.42 Å². The third kappa shape index (κ3) is 3.40. The van der Waals surface area contributed by atoms with Crippen LogP contribution in [-0.4, -0.2) is 58.8 Å². The fraction of sp³-hybridized carbons (Fsp3) is 0.389. The van der Waals surface area contributed by atoms with Crippen LogP contribution < -0.4 is 4.90 Å². The Kier molecular flexibility index (Phi) is 4.79. The lowest BCUT2D eigenvalue weighted by molar-refractivity contribution is 0.384. The minimum atomic E-state index is -3.48. The second-order valence-electron chi connectivity index (χ2n) is 6.58. The van der Waals surface area contributed by atoms with Crippen LogP contribution in [0.15, 0.2) is 41.8 Å². The smallest absolute Gasteiger partial charge is 0.243 e. The van der Waals surface area contributed by atoms with Gasteiger partial charge < -0.3 is 9.88 Å². The van der Waals surface area contributed by atoms with Crippen LogP contribution in [0.3, 0.4) is 0 Å². The third-order valence-corrected chi connectivity index (χ3v) is 6.75. The molecule has 0 saturated carbocycles. The summed E-state index contributed by atoms with van der Waals surface area (Å²) in [6, 6.07) is 7.24. The molecule has 0 aliphatic carbocycles. The highest BCUT2D eigenvalue weighted by molar-refractivity contribution is 7.89. The topological polar surface area (TPSA) is 95.1 Å². The number of hydrogen-bond acceptors (Lipinski definition) is 6. The summed E-state index contributed by atoms with van der Waals surface area (Å²) in [4.78, 5) is 18.1. The van der Waals surface area contributed by atoms with Gasteiger partial charge in [-0.3, -0.25) is 0 Å². The van der Waals surface area contributed by atoms with Gasteiger partial charge in [-0.2, -0.15) is 4.31 Å². The number of imidazole rings is 1. The van der Waals surface area contributed by atoms with Crippen LogP contribution in [0.5, 0.6) is 0 Å². The average molecular weight is 386 g/mol. The van der Waals surface area contributed by atoms with Gasteiger partial charge in [0.15, 0.2) is 11.5 Å². The number of nitrogens with one attached hydrogen (secondary N) is 1. The van der Waals surface area contributed by atoms with Gasteiger partial charge >= 0.3 is 0 Å². The third-order valence-electron chi connectivity index (χ3n) is 4.84. The lowest BCUT2D eigenvalue weighted by Gasteiger charge is -2.34. The highest BCUT2D eigenvalue weighted by Crippen LogP contribution is 2.23.